The van der Waals surface area contributed by atoms with Crippen molar-refractivity contribution < 1.29 is 14.1 Å². The normalized spacial score (nSPS) is 14.1. The minimum absolute atomic E-state index is 0.0565. The Balaban J connectivity index is 2.88. The Morgan fingerprint density at radius 3 is 2.82 bits per heavy atom. The second-order valence-corrected chi connectivity index (χ2v) is 5.65. The Hall–Kier alpha value is -1.43. The molecule has 94 valence electrons. The molecule has 2 N–H and O–H groups in total. The highest BCUT2D eigenvalue weighted by Crippen LogP contribution is 2.16. The molecule has 0 aliphatic carbocycles. The molecule has 2 unspecified atom stereocenters. The quantitative estimate of drug-likeness (QED) is 0.829. The number of hydrogen-bond donors (Lipinski definition) is 2. The van der Waals surface area contributed by atoms with Crippen LogP contribution in [0.3, 0.4) is 0 Å². The second-order valence-electron chi connectivity index (χ2n) is 3.85. The third kappa shape index (κ3) is 3.52. The van der Waals surface area contributed by atoms with Gasteiger partial charge in [-0.25, -0.2) is 9.78 Å². The van der Waals surface area contributed by atoms with Crippen LogP contribution in [0, 0.1) is 6.92 Å². The zero-order chi connectivity index (χ0) is 13.0. The first kappa shape index (κ1) is 13.6. The largest absolute Gasteiger partial charge is 0.478 e. The number of aromatic carboxylic acids is 1. The number of carboxylic acid groups (broad SMARTS) is 1. The maximum atomic E-state index is 11.2. The molecule has 0 aromatic carbocycles. The van der Waals surface area contributed by atoms with Gasteiger partial charge in [0, 0.05) is 35.0 Å². The van der Waals surface area contributed by atoms with Gasteiger partial charge in [0.2, 0.25) is 0 Å². The predicted octanol–water partition coefficient (Wildman–Crippen LogP) is 1.27. The Bertz CT molecular complexity index is 448. The third-order valence-corrected chi connectivity index (χ3v) is 3.80. The van der Waals surface area contributed by atoms with Crippen LogP contribution in [0.25, 0.3) is 0 Å². The fraction of sp³-hybridized carbons (Fsp3) is 0.455. The molecular weight excluding hydrogens is 240 g/mol. The third-order valence-electron chi connectivity index (χ3n) is 2.50. The first-order chi connectivity index (χ1) is 7.93. The van der Waals surface area contributed by atoms with Crippen LogP contribution in [0.2, 0.25) is 0 Å². The summed E-state index contributed by atoms with van der Waals surface area (Å²) in [7, 11) is -0.944. The average molecular weight is 256 g/mol. The van der Waals surface area contributed by atoms with E-state index in [1.54, 1.807) is 25.4 Å². The lowest BCUT2D eigenvalue weighted by atomic mass is 10.1. The summed E-state index contributed by atoms with van der Waals surface area (Å²) in [5.74, 6) is -0.682. The molecule has 6 heteroatoms. The summed E-state index contributed by atoms with van der Waals surface area (Å²) in [6.45, 7) is 3.98. The lowest BCUT2D eigenvalue weighted by Crippen LogP contribution is -2.22. The summed E-state index contributed by atoms with van der Waals surface area (Å²) in [5.41, 5.74) is 0.821. The maximum absolute atomic E-state index is 11.2. The summed E-state index contributed by atoms with van der Waals surface area (Å²) in [4.78, 5) is 15.1. The fourth-order valence-corrected chi connectivity index (χ4v) is 1.64. The number of rotatable bonds is 5. The van der Waals surface area contributed by atoms with Crippen LogP contribution in [0.1, 0.15) is 22.8 Å². The molecule has 5 nitrogen and oxygen atoms in total. The van der Waals surface area contributed by atoms with Crippen molar-refractivity contribution in [1.29, 1.82) is 0 Å². The SMILES string of the molecule is Cc1ccnc(NCC(C)S(C)=O)c1C(=O)O. The molecule has 0 aliphatic heterocycles. The molecule has 0 amide bonds. The first-order valence-corrected chi connectivity index (χ1v) is 6.80. The minimum atomic E-state index is -1.01. The van der Waals surface area contributed by atoms with Crippen molar-refractivity contribution in [3.63, 3.8) is 0 Å². The monoisotopic (exact) mass is 256 g/mol. The second kappa shape index (κ2) is 5.77. The van der Waals surface area contributed by atoms with Gasteiger partial charge in [0.1, 0.15) is 11.4 Å². The topological polar surface area (TPSA) is 79.3 Å². The molecule has 0 aliphatic rings. The molecular formula is C11H16N2O3S. The van der Waals surface area contributed by atoms with Crippen molar-refractivity contribution >= 4 is 22.6 Å². The molecule has 0 fully saturated rings. The molecule has 0 saturated carbocycles. The van der Waals surface area contributed by atoms with Crippen LogP contribution in [-0.2, 0) is 10.8 Å². The van der Waals surface area contributed by atoms with Gasteiger partial charge in [-0.2, -0.15) is 0 Å². The van der Waals surface area contributed by atoms with Crippen molar-refractivity contribution in [2.24, 2.45) is 0 Å². The van der Waals surface area contributed by atoms with Crippen molar-refractivity contribution in [3.05, 3.63) is 23.4 Å². The van der Waals surface area contributed by atoms with Gasteiger partial charge in [0.25, 0.3) is 0 Å². The Labute approximate surface area is 103 Å². The van der Waals surface area contributed by atoms with Gasteiger partial charge in [-0.1, -0.05) is 0 Å². The summed E-state index contributed by atoms with van der Waals surface area (Å²) in [6.07, 6.45) is 3.17. The Kier molecular flexibility index (Phi) is 4.62. The lowest BCUT2D eigenvalue weighted by Gasteiger charge is -2.13. The van der Waals surface area contributed by atoms with Crippen LogP contribution in [0.4, 0.5) is 5.82 Å². The number of anilines is 1. The Morgan fingerprint density at radius 1 is 1.65 bits per heavy atom. The van der Waals surface area contributed by atoms with Crippen LogP contribution in [0.15, 0.2) is 12.3 Å². The van der Waals surface area contributed by atoms with Crippen LogP contribution < -0.4 is 5.32 Å². The van der Waals surface area contributed by atoms with Gasteiger partial charge in [0.05, 0.1) is 0 Å². The Morgan fingerprint density at radius 2 is 2.29 bits per heavy atom. The highest BCUT2D eigenvalue weighted by atomic mass is 32.2. The van der Waals surface area contributed by atoms with E-state index < -0.39 is 16.8 Å². The van der Waals surface area contributed by atoms with Gasteiger partial charge in [-0.3, -0.25) is 4.21 Å². The lowest BCUT2D eigenvalue weighted by molar-refractivity contribution is 0.0697. The van der Waals surface area contributed by atoms with E-state index in [1.807, 2.05) is 6.92 Å². The summed E-state index contributed by atoms with van der Waals surface area (Å²) >= 11 is 0. The molecule has 2 atom stereocenters. The standard InChI is InChI=1S/C11H16N2O3S/c1-7-4-5-12-10(9(7)11(14)15)13-6-8(2)17(3)16/h4-5,8H,6H2,1-3H3,(H,12,13)(H,14,15). The van der Waals surface area contributed by atoms with E-state index in [9.17, 15) is 9.00 Å². The minimum Gasteiger partial charge on any atom is -0.478 e. The molecule has 0 bridgehead atoms. The number of hydrogen-bond acceptors (Lipinski definition) is 4. The summed E-state index contributed by atoms with van der Waals surface area (Å²) < 4.78 is 11.2. The van der Waals surface area contributed by atoms with E-state index in [4.69, 9.17) is 5.11 Å². The van der Waals surface area contributed by atoms with Crippen LogP contribution in [0.5, 0.6) is 0 Å². The number of pyridine rings is 1. The molecule has 1 heterocycles. The zero-order valence-corrected chi connectivity index (χ0v) is 10.9. The number of aryl methyl sites for hydroxylation is 1. The average Bonchev–Trinajstić information content (AvgIpc) is 2.24. The molecule has 1 aromatic rings. The number of nitrogens with zero attached hydrogens (tertiary/aromatic N) is 1. The van der Waals surface area contributed by atoms with Gasteiger partial charge >= 0.3 is 5.97 Å². The van der Waals surface area contributed by atoms with Crippen LogP contribution in [-0.4, -0.2) is 38.3 Å². The van der Waals surface area contributed by atoms with E-state index in [-0.39, 0.29) is 10.8 Å². The van der Waals surface area contributed by atoms with E-state index in [2.05, 4.69) is 10.3 Å². The van der Waals surface area contributed by atoms with Crippen molar-refractivity contribution in [2.45, 2.75) is 19.1 Å². The molecule has 0 radical (unpaired) electrons. The van der Waals surface area contributed by atoms with Gasteiger partial charge in [-0.15, -0.1) is 0 Å². The highest BCUT2D eigenvalue weighted by Gasteiger charge is 2.15. The number of carboxylic acids is 1. The predicted molar refractivity (Wildman–Crippen MR) is 68.0 cm³/mol. The summed E-state index contributed by atoms with van der Waals surface area (Å²) in [5, 5.41) is 12.0. The van der Waals surface area contributed by atoms with Crippen molar-refractivity contribution in [2.75, 3.05) is 18.1 Å². The first-order valence-electron chi connectivity index (χ1n) is 5.18. The van der Waals surface area contributed by atoms with Gasteiger partial charge in [0.15, 0.2) is 0 Å². The maximum Gasteiger partial charge on any atom is 0.339 e. The van der Waals surface area contributed by atoms with Gasteiger partial charge < -0.3 is 10.4 Å². The van der Waals surface area contributed by atoms with E-state index in [0.29, 0.717) is 17.9 Å². The number of carbonyl (C=O) groups is 1. The van der Waals surface area contributed by atoms with E-state index in [1.165, 1.54) is 0 Å². The number of nitrogens with one attached hydrogen (secondary N) is 1. The fourth-order valence-electron chi connectivity index (χ4n) is 1.32. The smallest absolute Gasteiger partial charge is 0.339 e. The van der Waals surface area contributed by atoms with Crippen molar-refractivity contribution in [1.82, 2.24) is 4.98 Å². The zero-order valence-electron chi connectivity index (χ0n) is 10.1. The molecule has 0 saturated heterocycles. The number of aromatic nitrogens is 1. The van der Waals surface area contributed by atoms with Crippen LogP contribution >= 0.6 is 0 Å². The summed E-state index contributed by atoms with van der Waals surface area (Å²) in [6, 6.07) is 1.65. The molecule has 17 heavy (non-hydrogen) atoms. The molecule has 1 aromatic heterocycles. The molecule has 1 rings (SSSR count). The van der Waals surface area contributed by atoms with Crippen molar-refractivity contribution in [3.8, 4) is 0 Å². The van der Waals surface area contributed by atoms with E-state index in [0.717, 1.165) is 0 Å². The van der Waals surface area contributed by atoms with Gasteiger partial charge in [-0.05, 0) is 25.5 Å². The highest BCUT2D eigenvalue weighted by molar-refractivity contribution is 7.84. The molecule has 0 spiro atoms. The van der Waals surface area contributed by atoms with E-state index >= 15 is 0 Å².